The Balaban J connectivity index is 1.48. The van der Waals surface area contributed by atoms with E-state index in [1.807, 2.05) is 6.92 Å². The number of benzene rings is 1. The van der Waals surface area contributed by atoms with E-state index < -0.39 is 33.3 Å². The van der Waals surface area contributed by atoms with Gasteiger partial charge in [0.1, 0.15) is 5.60 Å². The van der Waals surface area contributed by atoms with Crippen molar-refractivity contribution in [1.29, 1.82) is 0 Å². The highest BCUT2D eigenvalue weighted by Crippen LogP contribution is 2.39. The molecule has 1 atom stereocenters. The van der Waals surface area contributed by atoms with Gasteiger partial charge in [0.2, 0.25) is 0 Å². The molecule has 3 amide bonds. The lowest BCUT2D eigenvalue weighted by atomic mass is 9.93. The van der Waals surface area contributed by atoms with Crippen LogP contribution < -0.4 is 10.0 Å². The van der Waals surface area contributed by atoms with Gasteiger partial charge >= 0.3 is 12.1 Å². The highest BCUT2D eigenvalue weighted by Gasteiger charge is 2.42. The van der Waals surface area contributed by atoms with Crippen LogP contribution >= 0.6 is 0 Å². The number of carbonyl (C=O) groups excluding carboxylic acids is 2. The van der Waals surface area contributed by atoms with E-state index in [0.29, 0.717) is 19.4 Å². The summed E-state index contributed by atoms with van der Waals surface area (Å²) in [6, 6.07) is 1.50. The van der Waals surface area contributed by atoms with Crippen molar-refractivity contribution in [2.75, 3.05) is 11.9 Å². The van der Waals surface area contributed by atoms with Crippen molar-refractivity contribution in [3.63, 3.8) is 0 Å². The molecule has 192 valence electrons. The fourth-order valence-corrected chi connectivity index (χ4v) is 6.45. The zero-order valence-electron chi connectivity index (χ0n) is 21.2. The molecule has 4 rings (SSSR count). The largest absolute Gasteiger partial charge is 0.444 e. The lowest BCUT2D eigenvalue weighted by Gasteiger charge is -2.36. The van der Waals surface area contributed by atoms with E-state index >= 15 is 0 Å². The average molecular weight is 504 g/mol. The summed E-state index contributed by atoms with van der Waals surface area (Å²) in [6.45, 7) is 7.81. The van der Waals surface area contributed by atoms with Gasteiger partial charge < -0.3 is 10.1 Å². The van der Waals surface area contributed by atoms with E-state index in [9.17, 15) is 18.0 Å². The van der Waals surface area contributed by atoms with Crippen LogP contribution in [0.15, 0.2) is 17.6 Å². The first-order chi connectivity index (χ1) is 16.4. The number of amides is 3. The highest BCUT2D eigenvalue weighted by atomic mass is 32.2. The molecule has 1 aliphatic heterocycles. The highest BCUT2D eigenvalue weighted by molar-refractivity contribution is 7.92. The summed E-state index contributed by atoms with van der Waals surface area (Å²) in [7, 11) is -4.07. The Morgan fingerprint density at radius 3 is 2.29 bits per heavy atom. The third-order valence-corrected chi connectivity index (χ3v) is 8.22. The minimum Gasteiger partial charge on any atom is -0.444 e. The van der Waals surface area contributed by atoms with Crippen LogP contribution in [0.5, 0.6) is 0 Å². The van der Waals surface area contributed by atoms with Gasteiger partial charge in [-0.3, -0.25) is 4.90 Å². The molecule has 1 saturated heterocycles. The van der Waals surface area contributed by atoms with E-state index in [1.165, 1.54) is 17.2 Å². The number of hydrogen-bond acceptors (Lipinski definition) is 5. The van der Waals surface area contributed by atoms with Crippen molar-refractivity contribution >= 4 is 27.8 Å². The third kappa shape index (κ3) is 5.50. The second-order valence-electron chi connectivity index (χ2n) is 10.8. The van der Waals surface area contributed by atoms with Crippen molar-refractivity contribution in [3.8, 4) is 0 Å². The van der Waals surface area contributed by atoms with E-state index in [0.717, 1.165) is 67.2 Å². The van der Waals surface area contributed by atoms with Crippen LogP contribution in [0.4, 0.5) is 15.3 Å². The molecule has 0 bridgehead atoms. The summed E-state index contributed by atoms with van der Waals surface area (Å²) >= 11 is 0. The van der Waals surface area contributed by atoms with Gasteiger partial charge in [-0.25, -0.2) is 22.7 Å². The predicted octanol–water partition coefficient (Wildman–Crippen LogP) is 4.81. The molecule has 3 aliphatic rings. The van der Waals surface area contributed by atoms with Gasteiger partial charge in [0.25, 0.3) is 10.0 Å². The Morgan fingerprint density at radius 2 is 1.71 bits per heavy atom. The summed E-state index contributed by atoms with van der Waals surface area (Å²) < 4.78 is 33.3. The Labute approximate surface area is 208 Å². The molecule has 0 radical (unpaired) electrons. The number of hydrogen-bond donors (Lipinski definition) is 2. The quantitative estimate of drug-likeness (QED) is 0.600. The number of rotatable bonds is 5. The number of nitrogens with zero attached hydrogens (tertiary/aromatic N) is 1. The zero-order valence-corrected chi connectivity index (χ0v) is 22.0. The number of nitrogens with one attached hydrogen (secondary N) is 2. The third-order valence-electron chi connectivity index (χ3n) is 7.26. The second-order valence-corrected chi connectivity index (χ2v) is 12.4. The van der Waals surface area contributed by atoms with Gasteiger partial charge in [0.05, 0.1) is 5.54 Å². The monoisotopic (exact) mass is 503 g/mol. The van der Waals surface area contributed by atoms with Crippen molar-refractivity contribution in [2.24, 2.45) is 0 Å². The number of fused-ring (bicyclic) bond motifs is 2. The maximum atomic E-state index is 12.8. The summed E-state index contributed by atoms with van der Waals surface area (Å²) in [5, 5.41) is 3.87. The molecule has 1 aromatic rings. The predicted molar refractivity (Wildman–Crippen MR) is 136 cm³/mol. The van der Waals surface area contributed by atoms with Gasteiger partial charge in [-0.2, -0.15) is 0 Å². The van der Waals surface area contributed by atoms with Crippen molar-refractivity contribution in [3.05, 3.63) is 39.8 Å². The summed E-state index contributed by atoms with van der Waals surface area (Å²) in [4.78, 5) is 27.1. The number of urea groups is 1. The van der Waals surface area contributed by atoms with Crippen LogP contribution in [0.2, 0.25) is 0 Å². The van der Waals surface area contributed by atoms with Crippen LogP contribution in [0.1, 0.15) is 82.1 Å². The fraction of sp³-hybridized carbons (Fsp3) is 0.615. The first-order valence-electron chi connectivity index (χ1n) is 12.6. The number of anilines is 1. The molecular weight excluding hydrogens is 466 g/mol. The lowest BCUT2D eigenvalue weighted by Crippen LogP contribution is -2.47. The number of ether oxygens (including phenoxy) is 1. The molecular formula is C26H37N3O5S. The minimum absolute atomic E-state index is 0.462. The van der Waals surface area contributed by atoms with Crippen LogP contribution in [0, 0.1) is 0 Å². The SMILES string of the molecule is CCC1(C=CS(=O)(=O)NC(=O)Nc2c3c(cc4c2CCC4)CCC3)CCCN1C(=O)OC(C)(C)C. The summed E-state index contributed by atoms with van der Waals surface area (Å²) in [6.07, 6.45) is 8.83. The van der Waals surface area contributed by atoms with Gasteiger partial charge in [-0.05, 0) is 107 Å². The Kier molecular flexibility index (Phi) is 6.92. The minimum atomic E-state index is -4.07. The first kappa shape index (κ1) is 25.5. The van der Waals surface area contributed by atoms with Gasteiger partial charge in [0, 0.05) is 17.6 Å². The fourth-order valence-electron chi connectivity index (χ4n) is 5.64. The normalized spacial score (nSPS) is 21.8. The number of aryl methyl sites for hydroxylation is 2. The lowest BCUT2D eigenvalue weighted by molar-refractivity contribution is 0.0142. The average Bonchev–Trinajstić information content (AvgIpc) is 3.50. The van der Waals surface area contributed by atoms with Gasteiger partial charge in [0.15, 0.2) is 0 Å². The molecule has 1 aromatic carbocycles. The molecule has 1 heterocycles. The van der Waals surface area contributed by atoms with Crippen LogP contribution in [-0.2, 0) is 40.4 Å². The smallest absolute Gasteiger partial charge is 0.410 e. The number of sulfonamides is 1. The number of carbonyl (C=O) groups is 2. The van der Waals surface area contributed by atoms with E-state index in [1.54, 1.807) is 25.7 Å². The zero-order chi connectivity index (χ0) is 25.4. The summed E-state index contributed by atoms with van der Waals surface area (Å²) in [5.74, 6) is 0. The topological polar surface area (TPSA) is 105 Å². The second kappa shape index (κ2) is 9.48. The molecule has 0 saturated carbocycles. The van der Waals surface area contributed by atoms with Crippen molar-refractivity contribution < 1.29 is 22.7 Å². The first-order valence-corrected chi connectivity index (χ1v) is 14.2. The molecule has 1 fully saturated rings. The Bertz CT molecular complexity index is 1120. The van der Waals surface area contributed by atoms with Crippen LogP contribution in [0.25, 0.3) is 0 Å². The maximum Gasteiger partial charge on any atom is 0.410 e. The maximum absolute atomic E-state index is 12.8. The molecule has 9 heteroatoms. The molecule has 0 spiro atoms. The molecule has 0 aromatic heterocycles. The van der Waals surface area contributed by atoms with Gasteiger partial charge in [-0.15, -0.1) is 0 Å². The Morgan fingerprint density at radius 1 is 1.09 bits per heavy atom. The van der Waals surface area contributed by atoms with Crippen LogP contribution in [0.3, 0.4) is 0 Å². The van der Waals surface area contributed by atoms with Gasteiger partial charge in [-0.1, -0.05) is 13.0 Å². The van der Waals surface area contributed by atoms with E-state index in [-0.39, 0.29) is 0 Å². The summed E-state index contributed by atoms with van der Waals surface area (Å²) in [5.41, 5.74) is 4.17. The van der Waals surface area contributed by atoms with E-state index in [2.05, 4.69) is 16.1 Å². The molecule has 8 nitrogen and oxygen atoms in total. The Hall–Kier alpha value is -2.55. The molecule has 1 unspecified atom stereocenters. The van der Waals surface area contributed by atoms with Crippen molar-refractivity contribution in [2.45, 2.75) is 96.6 Å². The number of likely N-dealkylation sites (tertiary alicyclic amines) is 1. The molecule has 2 N–H and O–H groups in total. The van der Waals surface area contributed by atoms with E-state index in [4.69, 9.17) is 4.74 Å². The molecule has 2 aliphatic carbocycles. The molecule has 35 heavy (non-hydrogen) atoms. The van der Waals surface area contributed by atoms with Crippen molar-refractivity contribution in [1.82, 2.24) is 9.62 Å². The standard InChI is InChI=1S/C26H37N3O5S/c1-5-26(13-8-15-29(26)24(31)34-25(2,3)4)14-16-35(32,33)28-23(30)27-22-20-11-6-9-18(20)17-19-10-7-12-21(19)22/h14,16-17H,5-13,15H2,1-4H3,(H2,27,28,30). The van der Waals surface area contributed by atoms with Crippen LogP contribution in [-0.4, -0.2) is 43.1 Å².